The van der Waals surface area contributed by atoms with Crippen LogP contribution in [0.3, 0.4) is 0 Å². The highest BCUT2D eigenvalue weighted by Gasteiger charge is 2.34. The first kappa shape index (κ1) is 48.8. The third-order valence-electron chi connectivity index (χ3n) is 11.0. The van der Waals surface area contributed by atoms with Crippen molar-refractivity contribution in [2.24, 2.45) is 0 Å². The molecule has 0 aliphatic carbocycles. The molecular formula is C45H94N2O2. The van der Waals surface area contributed by atoms with Crippen LogP contribution in [0.4, 0.5) is 0 Å². The van der Waals surface area contributed by atoms with Gasteiger partial charge in [-0.2, -0.15) is 0 Å². The van der Waals surface area contributed by atoms with Crippen LogP contribution >= 0.6 is 0 Å². The topological polar surface area (TPSA) is 46.9 Å². The van der Waals surface area contributed by atoms with E-state index in [9.17, 15) is 10.2 Å². The molecule has 2 unspecified atom stereocenters. The minimum atomic E-state index is -0.730. The second kappa shape index (κ2) is 37.6. The molecule has 0 aromatic heterocycles. The fourth-order valence-corrected chi connectivity index (χ4v) is 8.03. The van der Waals surface area contributed by atoms with E-state index in [1.807, 2.05) is 0 Å². The highest BCUT2D eigenvalue weighted by Crippen LogP contribution is 2.21. The summed E-state index contributed by atoms with van der Waals surface area (Å²) < 4.78 is 0. The molecule has 0 aromatic rings. The van der Waals surface area contributed by atoms with Gasteiger partial charge in [0.1, 0.15) is 6.10 Å². The maximum absolute atomic E-state index is 11.1. The SMILES string of the molecule is CCCCCCCCCCCCCCCCCCN(CCCCCCCCCCCCCCCCCC)C(C(O)CO)N(C(C)C)C(C)C. The zero-order valence-electron chi connectivity index (χ0n) is 34.8. The van der Waals surface area contributed by atoms with Crippen LogP contribution in [0, 0.1) is 0 Å². The molecule has 296 valence electrons. The first-order valence-electron chi connectivity index (χ1n) is 22.7. The molecule has 49 heavy (non-hydrogen) atoms. The first-order valence-corrected chi connectivity index (χ1v) is 22.7. The Morgan fingerprint density at radius 1 is 0.367 bits per heavy atom. The molecule has 0 saturated carbocycles. The van der Waals surface area contributed by atoms with Gasteiger partial charge in [-0.3, -0.25) is 9.80 Å². The zero-order chi connectivity index (χ0) is 36.2. The second-order valence-corrected chi connectivity index (χ2v) is 16.4. The predicted octanol–water partition coefficient (Wildman–Crippen LogP) is 13.6. The summed E-state index contributed by atoms with van der Waals surface area (Å²) in [5, 5.41) is 21.2. The van der Waals surface area contributed by atoms with E-state index in [-0.39, 0.29) is 12.8 Å². The Bertz CT molecular complexity index is 583. The fourth-order valence-electron chi connectivity index (χ4n) is 8.03. The summed E-state index contributed by atoms with van der Waals surface area (Å²) in [5.74, 6) is 0. The summed E-state index contributed by atoms with van der Waals surface area (Å²) >= 11 is 0. The van der Waals surface area contributed by atoms with E-state index in [1.165, 1.54) is 205 Å². The number of hydrogen-bond acceptors (Lipinski definition) is 4. The molecule has 0 rings (SSSR count). The van der Waals surface area contributed by atoms with E-state index >= 15 is 0 Å². The van der Waals surface area contributed by atoms with Gasteiger partial charge in [0.25, 0.3) is 0 Å². The van der Waals surface area contributed by atoms with Crippen LogP contribution in [0.2, 0.25) is 0 Å². The molecule has 0 aromatic carbocycles. The van der Waals surface area contributed by atoms with E-state index in [0.29, 0.717) is 12.1 Å². The molecule has 0 amide bonds. The van der Waals surface area contributed by atoms with Crippen LogP contribution in [0.15, 0.2) is 0 Å². The van der Waals surface area contributed by atoms with Crippen molar-refractivity contribution in [2.75, 3.05) is 19.7 Å². The van der Waals surface area contributed by atoms with E-state index < -0.39 is 6.10 Å². The van der Waals surface area contributed by atoms with E-state index in [1.54, 1.807) is 0 Å². The molecule has 0 aliphatic rings. The summed E-state index contributed by atoms with van der Waals surface area (Å²) in [6.45, 7) is 15.4. The van der Waals surface area contributed by atoms with Crippen LogP contribution in [0.25, 0.3) is 0 Å². The van der Waals surface area contributed by atoms with Gasteiger partial charge in [0.05, 0.1) is 12.8 Å². The highest BCUT2D eigenvalue weighted by atomic mass is 16.3. The van der Waals surface area contributed by atoms with Crippen LogP contribution in [0.1, 0.15) is 247 Å². The van der Waals surface area contributed by atoms with Gasteiger partial charge in [0.15, 0.2) is 0 Å². The maximum atomic E-state index is 11.1. The van der Waals surface area contributed by atoms with E-state index in [2.05, 4.69) is 51.3 Å². The van der Waals surface area contributed by atoms with Crippen molar-refractivity contribution in [3.05, 3.63) is 0 Å². The van der Waals surface area contributed by atoms with Crippen molar-refractivity contribution in [3.8, 4) is 0 Å². The number of nitrogens with zero attached hydrogens (tertiary/aromatic N) is 2. The lowest BCUT2D eigenvalue weighted by molar-refractivity contribution is -0.0913. The van der Waals surface area contributed by atoms with Crippen molar-refractivity contribution in [2.45, 2.75) is 271 Å². The minimum Gasteiger partial charge on any atom is -0.394 e. The number of aliphatic hydroxyl groups excluding tert-OH is 2. The summed E-state index contributed by atoms with van der Waals surface area (Å²) in [7, 11) is 0. The van der Waals surface area contributed by atoms with Crippen LogP contribution in [0.5, 0.6) is 0 Å². The molecule has 4 heteroatoms. The van der Waals surface area contributed by atoms with Gasteiger partial charge in [0.2, 0.25) is 0 Å². The zero-order valence-corrected chi connectivity index (χ0v) is 34.8. The molecule has 0 heterocycles. The minimum absolute atomic E-state index is 0.113. The third kappa shape index (κ3) is 30.0. The lowest BCUT2D eigenvalue weighted by Crippen LogP contribution is -2.60. The van der Waals surface area contributed by atoms with E-state index in [4.69, 9.17) is 0 Å². The van der Waals surface area contributed by atoms with Gasteiger partial charge >= 0.3 is 0 Å². The summed E-state index contributed by atoms with van der Waals surface area (Å²) in [6.07, 6.45) is 43.6. The van der Waals surface area contributed by atoms with Crippen LogP contribution < -0.4 is 0 Å². The Hall–Kier alpha value is -0.160. The molecule has 0 radical (unpaired) electrons. The van der Waals surface area contributed by atoms with Crippen molar-refractivity contribution in [3.63, 3.8) is 0 Å². The third-order valence-corrected chi connectivity index (χ3v) is 11.0. The molecule has 0 bridgehead atoms. The lowest BCUT2D eigenvalue weighted by Gasteiger charge is -2.46. The lowest BCUT2D eigenvalue weighted by atomic mass is 10.0. The summed E-state index contributed by atoms with van der Waals surface area (Å²) in [4.78, 5) is 4.97. The van der Waals surface area contributed by atoms with Gasteiger partial charge in [-0.25, -0.2) is 0 Å². The summed E-state index contributed by atoms with van der Waals surface area (Å²) in [5.41, 5.74) is 0. The molecule has 0 spiro atoms. The Morgan fingerprint density at radius 2 is 0.592 bits per heavy atom. The monoisotopic (exact) mass is 695 g/mol. The standard InChI is InChI=1S/C45H94N2O2/c1-7-9-11-13-15-17-19-21-23-25-27-29-31-33-35-37-39-46(45(44(49)41-48)47(42(3)4)43(5)6)40-38-36-34-32-30-28-26-24-22-20-18-16-14-12-10-8-2/h42-45,48-49H,7-41H2,1-6H3. The smallest absolute Gasteiger partial charge is 0.106 e. The second-order valence-electron chi connectivity index (χ2n) is 16.4. The van der Waals surface area contributed by atoms with Gasteiger partial charge in [0, 0.05) is 12.1 Å². The van der Waals surface area contributed by atoms with Crippen molar-refractivity contribution < 1.29 is 10.2 Å². The van der Waals surface area contributed by atoms with Crippen LogP contribution in [-0.4, -0.2) is 64.1 Å². The largest absolute Gasteiger partial charge is 0.394 e. The average molecular weight is 695 g/mol. The van der Waals surface area contributed by atoms with Gasteiger partial charge in [-0.15, -0.1) is 0 Å². The quantitative estimate of drug-likeness (QED) is 0.0495. The van der Waals surface area contributed by atoms with Gasteiger partial charge < -0.3 is 10.2 Å². The normalized spacial score (nSPS) is 13.5. The summed E-state index contributed by atoms with van der Waals surface area (Å²) in [6, 6.07) is 0.649. The van der Waals surface area contributed by atoms with Crippen molar-refractivity contribution in [1.29, 1.82) is 0 Å². The molecule has 0 saturated heterocycles. The Balaban J connectivity index is 4.35. The van der Waals surface area contributed by atoms with E-state index in [0.717, 1.165) is 13.1 Å². The Labute approximate surface area is 310 Å². The van der Waals surface area contributed by atoms with Crippen molar-refractivity contribution in [1.82, 2.24) is 9.80 Å². The fraction of sp³-hybridized carbons (Fsp3) is 1.00. The molecule has 0 aliphatic heterocycles. The Kier molecular flexibility index (Phi) is 37.5. The molecule has 2 N–H and O–H groups in total. The molecule has 2 atom stereocenters. The van der Waals surface area contributed by atoms with Gasteiger partial charge in [-0.1, -0.05) is 206 Å². The van der Waals surface area contributed by atoms with Gasteiger partial charge in [-0.05, 0) is 53.6 Å². The molecule has 0 fully saturated rings. The predicted molar refractivity (Wildman–Crippen MR) is 220 cm³/mol. The number of hydrogen-bond donors (Lipinski definition) is 2. The number of aliphatic hydroxyl groups is 2. The number of unbranched alkanes of at least 4 members (excludes halogenated alkanes) is 30. The maximum Gasteiger partial charge on any atom is 0.106 e. The number of rotatable bonds is 40. The molecular weight excluding hydrogens is 601 g/mol. The van der Waals surface area contributed by atoms with Crippen molar-refractivity contribution >= 4 is 0 Å². The molecule has 4 nitrogen and oxygen atoms in total. The first-order chi connectivity index (χ1) is 23.9. The van der Waals surface area contributed by atoms with Crippen LogP contribution in [-0.2, 0) is 0 Å². The average Bonchev–Trinajstić information content (AvgIpc) is 3.08. The Morgan fingerprint density at radius 3 is 0.796 bits per heavy atom. The highest BCUT2D eigenvalue weighted by molar-refractivity contribution is 4.84.